The maximum absolute atomic E-state index is 12.8. The smallest absolute Gasteiger partial charge is 0.254 e. The van der Waals surface area contributed by atoms with Gasteiger partial charge in [-0.1, -0.05) is 0 Å². The van der Waals surface area contributed by atoms with Gasteiger partial charge in [0.1, 0.15) is 0 Å². The largest absolute Gasteiger partial charge is 0.336 e. The molecule has 1 aliphatic heterocycles. The summed E-state index contributed by atoms with van der Waals surface area (Å²) in [5.74, 6) is 0.541. The Labute approximate surface area is 139 Å². The highest BCUT2D eigenvalue weighted by Crippen LogP contribution is 2.23. The Kier molecular flexibility index (Phi) is 4.04. The average molecular weight is 333 g/mol. The second-order valence-electron chi connectivity index (χ2n) is 6.99. The molecular formula is C17H23N3O2S. The van der Waals surface area contributed by atoms with Crippen LogP contribution in [-0.4, -0.2) is 48.2 Å². The van der Waals surface area contributed by atoms with E-state index in [9.17, 15) is 9.00 Å². The van der Waals surface area contributed by atoms with Crippen LogP contribution in [0, 0.1) is 0 Å². The zero-order chi connectivity index (χ0) is 16.8. The van der Waals surface area contributed by atoms with Crippen molar-refractivity contribution >= 4 is 27.7 Å². The summed E-state index contributed by atoms with van der Waals surface area (Å²) in [6.07, 6.45) is 1.82. The molecule has 2 aromatic rings. The van der Waals surface area contributed by atoms with E-state index in [4.69, 9.17) is 0 Å². The van der Waals surface area contributed by atoms with Gasteiger partial charge >= 0.3 is 0 Å². The van der Waals surface area contributed by atoms with E-state index in [-0.39, 0.29) is 10.7 Å². The SMILES string of the molecule is CC(C)n1cnc2cc(C(=O)N3CCS(=O)C(C)(C)C3)ccc21. The molecule has 0 saturated carbocycles. The zero-order valence-corrected chi connectivity index (χ0v) is 14.9. The number of benzene rings is 1. The van der Waals surface area contributed by atoms with Gasteiger partial charge in [0.2, 0.25) is 0 Å². The number of rotatable bonds is 2. The Hall–Kier alpha value is -1.69. The van der Waals surface area contributed by atoms with Crippen molar-refractivity contribution in [1.29, 1.82) is 0 Å². The molecule has 1 aromatic heterocycles. The molecule has 23 heavy (non-hydrogen) atoms. The third kappa shape index (κ3) is 2.92. The molecule has 1 fully saturated rings. The second-order valence-corrected chi connectivity index (χ2v) is 9.19. The van der Waals surface area contributed by atoms with Gasteiger partial charge in [-0.3, -0.25) is 9.00 Å². The van der Waals surface area contributed by atoms with E-state index in [0.29, 0.717) is 30.4 Å². The van der Waals surface area contributed by atoms with E-state index in [1.807, 2.05) is 43.3 Å². The van der Waals surface area contributed by atoms with Crippen molar-refractivity contribution in [3.05, 3.63) is 30.1 Å². The van der Waals surface area contributed by atoms with Crippen molar-refractivity contribution in [2.24, 2.45) is 0 Å². The topological polar surface area (TPSA) is 55.2 Å². The summed E-state index contributed by atoms with van der Waals surface area (Å²) in [5, 5.41) is 0. The molecule has 3 rings (SSSR count). The number of amides is 1. The van der Waals surface area contributed by atoms with Crippen molar-refractivity contribution in [3.8, 4) is 0 Å². The molecule has 0 aliphatic carbocycles. The molecule has 2 heterocycles. The van der Waals surface area contributed by atoms with E-state index >= 15 is 0 Å². The van der Waals surface area contributed by atoms with Crippen LogP contribution in [0.15, 0.2) is 24.5 Å². The van der Waals surface area contributed by atoms with Crippen LogP contribution in [0.4, 0.5) is 0 Å². The molecule has 0 N–H and O–H groups in total. The molecule has 6 heteroatoms. The predicted molar refractivity (Wildman–Crippen MR) is 93.1 cm³/mol. The summed E-state index contributed by atoms with van der Waals surface area (Å²) < 4.78 is 13.8. The molecule has 1 saturated heterocycles. The summed E-state index contributed by atoms with van der Waals surface area (Å²) in [6.45, 7) is 9.20. The number of nitrogens with zero attached hydrogens (tertiary/aromatic N) is 3. The van der Waals surface area contributed by atoms with Gasteiger partial charge in [-0.05, 0) is 45.9 Å². The number of hydrogen-bond donors (Lipinski definition) is 0. The number of aromatic nitrogens is 2. The molecule has 1 atom stereocenters. The fourth-order valence-corrected chi connectivity index (χ4v) is 4.25. The standard InChI is InChI=1S/C17H23N3O2S/c1-12(2)20-11-18-14-9-13(5-6-15(14)20)16(21)19-7-8-23(22)17(3,4)10-19/h5-6,9,11-12H,7-8,10H2,1-4H3. The lowest BCUT2D eigenvalue weighted by atomic mass is 10.1. The van der Waals surface area contributed by atoms with Crippen molar-refractivity contribution in [3.63, 3.8) is 0 Å². The molecular weight excluding hydrogens is 310 g/mol. The normalized spacial score (nSPS) is 21.1. The number of imidazole rings is 1. The van der Waals surface area contributed by atoms with E-state index in [2.05, 4.69) is 23.4 Å². The van der Waals surface area contributed by atoms with Gasteiger partial charge in [0.05, 0.1) is 22.1 Å². The van der Waals surface area contributed by atoms with Gasteiger partial charge < -0.3 is 9.47 Å². The minimum Gasteiger partial charge on any atom is -0.336 e. The second kappa shape index (κ2) is 5.74. The lowest BCUT2D eigenvalue weighted by Gasteiger charge is -2.37. The van der Waals surface area contributed by atoms with Crippen molar-refractivity contribution in [2.45, 2.75) is 38.5 Å². The van der Waals surface area contributed by atoms with Crippen molar-refractivity contribution < 1.29 is 9.00 Å². The highest BCUT2D eigenvalue weighted by atomic mass is 32.2. The zero-order valence-electron chi connectivity index (χ0n) is 14.1. The van der Waals surface area contributed by atoms with Crippen LogP contribution in [0.5, 0.6) is 0 Å². The predicted octanol–water partition coefficient (Wildman–Crippen LogP) is 2.60. The van der Waals surface area contributed by atoms with Crippen LogP contribution < -0.4 is 0 Å². The van der Waals surface area contributed by atoms with Crippen molar-refractivity contribution in [2.75, 3.05) is 18.8 Å². The molecule has 1 aliphatic rings. The number of hydrogen-bond acceptors (Lipinski definition) is 3. The van der Waals surface area contributed by atoms with Gasteiger partial charge in [0.15, 0.2) is 0 Å². The van der Waals surface area contributed by atoms with Gasteiger partial charge in [-0.25, -0.2) is 4.98 Å². The van der Waals surface area contributed by atoms with Gasteiger partial charge in [-0.15, -0.1) is 0 Å². The van der Waals surface area contributed by atoms with Crippen LogP contribution in [0.1, 0.15) is 44.1 Å². The van der Waals surface area contributed by atoms with E-state index in [1.54, 1.807) is 0 Å². The van der Waals surface area contributed by atoms with E-state index in [1.165, 1.54) is 0 Å². The fourth-order valence-electron chi connectivity index (χ4n) is 3.01. The molecule has 0 bridgehead atoms. The molecule has 1 aromatic carbocycles. The summed E-state index contributed by atoms with van der Waals surface area (Å²) in [5.41, 5.74) is 2.52. The monoisotopic (exact) mass is 333 g/mol. The molecule has 1 amide bonds. The average Bonchev–Trinajstić information content (AvgIpc) is 2.92. The van der Waals surface area contributed by atoms with Gasteiger partial charge in [0, 0.05) is 41.2 Å². The molecule has 124 valence electrons. The van der Waals surface area contributed by atoms with Crippen LogP contribution in [0.25, 0.3) is 11.0 Å². The minimum absolute atomic E-state index is 0.00391. The Morgan fingerprint density at radius 1 is 1.35 bits per heavy atom. The molecule has 1 unspecified atom stereocenters. The first-order chi connectivity index (χ1) is 10.8. The minimum atomic E-state index is -0.878. The molecule has 0 radical (unpaired) electrons. The van der Waals surface area contributed by atoms with Gasteiger partial charge in [-0.2, -0.15) is 0 Å². The maximum atomic E-state index is 12.8. The highest BCUT2D eigenvalue weighted by Gasteiger charge is 2.35. The quantitative estimate of drug-likeness (QED) is 0.849. The first-order valence-electron chi connectivity index (χ1n) is 7.94. The van der Waals surface area contributed by atoms with Crippen molar-refractivity contribution in [1.82, 2.24) is 14.5 Å². The Bertz CT molecular complexity index is 779. The van der Waals surface area contributed by atoms with E-state index < -0.39 is 10.8 Å². The summed E-state index contributed by atoms with van der Waals surface area (Å²) >= 11 is 0. The fraction of sp³-hybridized carbons (Fsp3) is 0.529. The van der Waals surface area contributed by atoms with Crippen LogP contribution in [0.3, 0.4) is 0 Å². The first-order valence-corrected chi connectivity index (χ1v) is 9.26. The highest BCUT2D eigenvalue weighted by molar-refractivity contribution is 7.86. The third-order valence-corrected chi connectivity index (χ3v) is 6.32. The molecule has 0 spiro atoms. The third-order valence-electron chi connectivity index (χ3n) is 4.40. The van der Waals surface area contributed by atoms with E-state index in [0.717, 1.165) is 11.0 Å². The summed E-state index contributed by atoms with van der Waals surface area (Å²) in [7, 11) is -0.878. The van der Waals surface area contributed by atoms with Crippen LogP contribution >= 0.6 is 0 Å². The maximum Gasteiger partial charge on any atom is 0.254 e. The Morgan fingerprint density at radius 2 is 2.09 bits per heavy atom. The number of fused-ring (bicyclic) bond motifs is 1. The van der Waals surface area contributed by atoms with Crippen LogP contribution in [-0.2, 0) is 10.8 Å². The Balaban J connectivity index is 1.88. The van der Waals surface area contributed by atoms with Crippen LogP contribution in [0.2, 0.25) is 0 Å². The Morgan fingerprint density at radius 3 is 2.74 bits per heavy atom. The van der Waals surface area contributed by atoms with Gasteiger partial charge in [0.25, 0.3) is 5.91 Å². The first kappa shape index (κ1) is 16.2. The number of carbonyl (C=O) groups excluding carboxylic acids is 1. The summed E-state index contributed by atoms with van der Waals surface area (Å²) in [4.78, 5) is 19.0. The lowest BCUT2D eigenvalue weighted by Crippen LogP contribution is -2.52. The molecule has 5 nitrogen and oxygen atoms in total. The number of carbonyl (C=O) groups is 1. The summed E-state index contributed by atoms with van der Waals surface area (Å²) in [6, 6.07) is 6.02. The lowest BCUT2D eigenvalue weighted by molar-refractivity contribution is 0.0746.